The minimum atomic E-state index is -1.51. The van der Waals surface area contributed by atoms with Crippen LogP contribution in [0.25, 0.3) is 0 Å². The molecule has 0 aromatic carbocycles. The summed E-state index contributed by atoms with van der Waals surface area (Å²) in [6, 6.07) is 0.00995. The molecule has 13 heteroatoms. The molecular formula is C42H75NO12. The Labute approximate surface area is 331 Å². The third-order valence-electron chi connectivity index (χ3n) is 12.5. The highest BCUT2D eigenvalue weighted by molar-refractivity contribution is 5.73. The molecule has 0 amide bonds. The maximum atomic E-state index is 14.4. The molecule has 3 heterocycles. The van der Waals surface area contributed by atoms with Gasteiger partial charge in [-0.05, 0) is 99.4 Å². The zero-order valence-electron chi connectivity index (χ0n) is 36.7. The highest BCUT2D eigenvalue weighted by Crippen LogP contribution is 2.42. The Hall–Kier alpha value is -1.65. The summed E-state index contributed by atoms with van der Waals surface area (Å²) in [5.74, 6) is -2.09. The molecule has 17 atom stereocenters. The number of cyclic esters (lactones) is 1. The molecule has 3 rings (SSSR count). The average Bonchev–Trinajstić information content (AvgIpc) is 3.11. The van der Waals surface area contributed by atoms with Crippen molar-refractivity contribution in [3.8, 4) is 0 Å². The first kappa shape index (κ1) is 47.7. The van der Waals surface area contributed by atoms with E-state index in [-0.39, 0.29) is 30.3 Å². The monoisotopic (exact) mass is 786 g/mol. The second-order valence-corrected chi connectivity index (χ2v) is 17.1. The van der Waals surface area contributed by atoms with Gasteiger partial charge in [0.15, 0.2) is 12.6 Å². The minimum absolute atomic E-state index is 0.00995. The fourth-order valence-electron chi connectivity index (χ4n) is 9.43. The normalized spacial score (nSPS) is 46.3. The highest BCUT2D eigenvalue weighted by Gasteiger charge is 2.53. The zero-order valence-corrected chi connectivity index (χ0v) is 36.7. The van der Waals surface area contributed by atoms with Gasteiger partial charge in [0, 0.05) is 46.8 Å². The second kappa shape index (κ2) is 19.9. The van der Waals surface area contributed by atoms with Crippen LogP contribution in [0, 0.1) is 17.8 Å². The first-order chi connectivity index (χ1) is 25.7. The highest BCUT2D eigenvalue weighted by atomic mass is 16.7. The number of rotatable bonds is 12. The zero-order chi connectivity index (χ0) is 41.6. The SMILES string of the molecule is C=CO[C@@H]1/C(C)=C/[C@](C)(O)[C@@H](CC)OC(=O)[C@H](C)[C@@H](O[C@H]2C[C@@](C)(OC)[C@@H](OC)[C@H](C)O2)[C@H](C)[C@@H](O[C@@H]2O[C@H](C)C[C@H](N(C)C)[C@H]2OC)[C@](C)(OC)C[C@H]1C. The summed E-state index contributed by atoms with van der Waals surface area (Å²) in [5, 5.41) is 11.8. The van der Waals surface area contributed by atoms with Crippen LogP contribution in [0.1, 0.15) is 94.9 Å². The maximum Gasteiger partial charge on any atom is 0.311 e. The van der Waals surface area contributed by atoms with Gasteiger partial charge in [0.1, 0.15) is 30.0 Å². The van der Waals surface area contributed by atoms with E-state index in [9.17, 15) is 9.90 Å². The summed E-state index contributed by atoms with van der Waals surface area (Å²) in [7, 11) is 10.7. The van der Waals surface area contributed by atoms with Crippen LogP contribution in [0.2, 0.25) is 0 Å². The standard InChI is InChI=1S/C42H75NO12/c1-18-31-40(9,45)21-24(3)33(50-19-2)25(4)22-41(10,48-16)36(55-39-35(46-14)30(43(12)13)20-26(5)51-39)27(6)34(28(7)38(44)53-31)54-32-23-42(11,49-17)37(47-15)29(8)52-32/h19,21,25-37,39,45H,2,18,20,22-23H2,1,3-17H3/b24-21+/t25-,26-,27+,28-,29+,30+,31-,32+,33-,34+,35-,36-,37+,39+,40+,41-,42-/m1/s1. The number of nitrogens with zero attached hydrogens (tertiary/aromatic N) is 1. The van der Waals surface area contributed by atoms with Crippen molar-refractivity contribution >= 4 is 5.97 Å². The molecule has 320 valence electrons. The first-order valence-electron chi connectivity index (χ1n) is 20.0. The molecule has 0 saturated carbocycles. The van der Waals surface area contributed by atoms with Gasteiger partial charge in [-0.25, -0.2) is 0 Å². The fraction of sp³-hybridized carbons (Fsp3) is 0.881. The van der Waals surface area contributed by atoms with Crippen molar-refractivity contribution in [1.82, 2.24) is 4.90 Å². The van der Waals surface area contributed by atoms with Crippen LogP contribution in [0.15, 0.2) is 24.5 Å². The Bertz CT molecular complexity index is 1260. The van der Waals surface area contributed by atoms with Gasteiger partial charge in [-0.15, -0.1) is 0 Å². The lowest BCUT2D eigenvalue weighted by Gasteiger charge is -2.50. The van der Waals surface area contributed by atoms with E-state index in [2.05, 4.69) is 18.4 Å². The Morgan fingerprint density at radius 1 is 0.927 bits per heavy atom. The van der Waals surface area contributed by atoms with Crippen molar-refractivity contribution in [1.29, 1.82) is 0 Å². The summed E-state index contributed by atoms with van der Waals surface area (Å²) in [6.45, 7) is 23.1. The smallest absolute Gasteiger partial charge is 0.311 e. The van der Waals surface area contributed by atoms with E-state index in [0.717, 1.165) is 12.0 Å². The number of carbonyl (C=O) groups excluding carboxylic acids is 1. The maximum absolute atomic E-state index is 14.4. The Kier molecular flexibility index (Phi) is 17.2. The van der Waals surface area contributed by atoms with Crippen LogP contribution >= 0.6 is 0 Å². The molecule has 0 unspecified atom stereocenters. The molecule has 3 aliphatic heterocycles. The Balaban J connectivity index is 2.28. The molecule has 1 N–H and O–H groups in total. The van der Waals surface area contributed by atoms with E-state index in [4.69, 9.17) is 47.4 Å². The van der Waals surface area contributed by atoms with E-state index in [1.807, 2.05) is 62.6 Å². The summed E-state index contributed by atoms with van der Waals surface area (Å²) in [5.41, 5.74) is -2.50. The fourth-order valence-corrected chi connectivity index (χ4v) is 9.43. The third-order valence-corrected chi connectivity index (χ3v) is 12.5. The molecule has 0 aromatic heterocycles. The second-order valence-electron chi connectivity index (χ2n) is 17.1. The van der Waals surface area contributed by atoms with Crippen molar-refractivity contribution in [2.45, 2.75) is 179 Å². The van der Waals surface area contributed by atoms with Crippen LogP contribution in [0.5, 0.6) is 0 Å². The molecule has 0 aromatic rings. The van der Waals surface area contributed by atoms with Crippen molar-refractivity contribution in [3.05, 3.63) is 24.5 Å². The lowest BCUT2D eigenvalue weighted by Crippen LogP contribution is -2.61. The lowest BCUT2D eigenvalue weighted by atomic mass is 9.75. The van der Waals surface area contributed by atoms with Gasteiger partial charge < -0.3 is 57.4 Å². The van der Waals surface area contributed by atoms with Crippen molar-refractivity contribution in [2.24, 2.45) is 17.8 Å². The minimum Gasteiger partial charge on any atom is -0.494 e. The van der Waals surface area contributed by atoms with E-state index >= 15 is 0 Å². The van der Waals surface area contributed by atoms with Gasteiger partial charge in [0.05, 0.1) is 47.8 Å². The first-order valence-corrected chi connectivity index (χ1v) is 20.0. The van der Waals surface area contributed by atoms with Crippen LogP contribution in [-0.2, 0) is 52.2 Å². The van der Waals surface area contributed by atoms with Gasteiger partial charge in [-0.1, -0.05) is 27.4 Å². The number of hydrogen-bond donors (Lipinski definition) is 1. The Morgan fingerprint density at radius 2 is 1.55 bits per heavy atom. The summed E-state index contributed by atoms with van der Waals surface area (Å²) < 4.78 is 64.0. The van der Waals surface area contributed by atoms with Crippen LogP contribution in [-0.4, -0.2) is 143 Å². The van der Waals surface area contributed by atoms with Gasteiger partial charge in [-0.2, -0.15) is 0 Å². The number of methoxy groups -OCH3 is 4. The molecule has 0 spiro atoms. The molecule has 2 saturated heterocycles. The number of aliphatic hydroxyl groups is 1. The lowest BCUT2D eigenvalue weighted by molar-refractivity contribution is -0.322. The van der Waals surface area contributed by atoms with Crippen LogP contribution in [0.3, 0.4) is 0 Å². The van der Waals surface area contributed by atoms with E-state index in [1.54, 1.807) is 48.4 Å². The Morgan fingerprint density at radius 3 is 2.07 bits per heavy atom. The molecule has 2 fully saturated rings. The largest absolute Gasteiger partial charge is 0.494 e. The number of ether oxygens (including phenoxy) is 10. The van der Waals surface area contributed by atoms with E-state index in [1.165, 1.54) is 6.26 Å². The molecule has 0 radical (unpaired) electrons. The predicted molar refractivity (Wildman–Crippen MR) is 209 cm³/mol. The molecule has 0 bridgehead atoms. The van der Waals surface area contributed by atoms with Crippen molar-refractivity contribution in [2.75, 3.05) is 42.5 Å². The van der Waals surface area contributed by atoms with Gasteiger partial charge in [0.2, 0.25) is 0 Å². The number of likely N-dealkylation sites (N-methyl/N-ethyl adjacent to an activating group) is 1. The predicted octanol–water partition coefficient (Wildman–Crippen LogP) is 5.66. The summed E-state index contributed by atoms with van der Waals surface area (Å²) in [4.78, 5) is 16.5. The molecule has 55 heavy (non-hydrogen) atoms. The van der Waals surface area contributed by atoms with Gasteiger partial charge in [-0.3, -0.25) is 4.79 Å². The molecular weight excluding hydrogens is 710 g/mol. The molecule has 0 aliphatic carbocycles. The van der Waals surface area contributed by atoms with E-state index in [0.29, 0.717) is 19.3 Å². The van der Waals surface area contributed by atoms with Crippen LogP contribution in [0.4, 0.5) is 0 Å². The molecule has 13 nitrogen and oxygen atoms in total. The topological polar surface area (TPSA) is 133 Å². The molecule has 3 aliphatic rings. The van der Waals surface area contributed by atoms with E-state index < -0.39 is 77.7 Å². The van der Waals surface area contributed by atoms with Gasteiger partial charge >= 0.3 is 5.97 Å². The number of esters is 1. The van der Waals surface area contributed by atoms with Crippen molar-refractivity contribution < 1.29 is 57.3 Å². The van der Waals surface area contributed by atoms with Crippen molar-refractivity contribution in [3.63, 3.8) is 0 Å². The third kappa shape index (κ3) is 10.9. The number of hydrogen-bond acceptors (Lipinski definition) is 13. The quantitative estimate of drug-likeness (QED) is 0.149. The average molecular weight is 786 g/mol. The van der Waals surface area contributed by atoms with Crippen LogP contribution < -0.4 is 0 Å². The van der Waals surface area contributed by atoms with Gasteiger partial charge in [0.25, 0.3) is 0 Å². The summed E-state index contributed by atoms with van der Waals surface area (Å²) >= 11 is 0. The summed E-state index contributed by atoms with van der Waals surface area (Å²) in [6.07, 6.45) is -0.769. The number of carbonyl (C=O) groups is 1.